The van der Waals surface area contributed by atoms with Crippen LogP contribution in [0.25, 0.3) is 16.9 Å². The molecule has 0 bridgehead atoms. The van der Waals surface area contributed by atoms with Crippen molar-refractivity contribution in [2.24, 2.45) is 0 Å². The van der Waals surface area contributed by atoms with Gasteiger partial charge in [0.25, 0.3) is 0 Å². The van der Waals surface area contributed by atoms with Crippen LogP contribution in [0, 0.1) is 11.6 Å². The van der Waals surface area contributed by atoms with Gasteiger partial charge in [-0.1, -0.05) is 6.07 Å². The molecule has 4 rings (SSSR count). The van der Waals surface area contributed by atoms with E-state index in [1.54, 1.807) is 28.8 Å². The Labute approximate surface area is 150 Å². The van der Waals surface area contributed by atoms with Gasteiger partial charge in [0.15, 0.2) is 0 Å². The van der Waals surface area contributed by atoms with Crippen LogP contribution in [0.5, 0.6) is 5.75 Å². The van der Waals surface area contributed by atoms with Crippen molar-refractivity contribution in [3.63, 3.8) is 0 Å². The summed E-state index contributed by atoms with van der Waals surface area (Å²) >= 11 is 0. The van der Waals surface area contributed by atoms with Crippen molar-refractivity contribution in [1.29, 1.82) is 0 Å². The molecular weight excluding hydrogens is 355 g/mol. The van der Waals surface area contributed by atoms with E-state index < -0.39 is 0 Å². The van der Waals surface area contributed by atoms with E-state index in [9.17, 15) is 8.78 Å². The lowest BCUT2D eigenvalue weighted by atomic mass is 10.1. The summed E-state index contributed by atoms with van der Waals surface area (Å²) in [7, 11) is 2.53. The van der Waals surface area contributed by atoms with Gasteiger partial charge < -0.3 is 4.74 Å². The molecule has 7 heteroatoms. The van der Waals surface area contributed by atoms with Gasteiger partial charge in [-0.25, -0.2) is 18.7 Å². The van der Waals surface area contributed by atoms with E-state index in [1.807, 2.05) is 12.4 Å². The maximum atomic E-state index is 13.3. The highest BCUT2D eigenvalue weighted by Crippen LogP contribution is 2.20. The standard InChI is InChI=1S/C19H14F2N3OP/c20-13-1-4-16(5-2-13)25-11-15-10-24-9-12(8-22-19(24)23-15)17-6-3-14(21)7-18(17)26/h1-10H,11,26H2. The summed E-state index contributed by atoms with van der Waals surface area (Å²) in [6, 6.07) is 10.4. The van der Waals surface area contributed by atoms with Crippen LogP contribution in [0.2, 0.25) is 0 Å². The van der Waals surface area contributed by atoms with E-state index in [2.05, 4.69) is 19.2 Å². The quantitative estimate of drug-likeness (QED) is 0.515. The maximum Gasteiger partial charge on any atom is 0.234 e. The Morgan fingerprint density at radius 3 is 2.54 bits per heavy atom. The van der Waals surface area contributed by atoms with Gasteiger partial charge in [-0.2, -0.15) is 0 Å². The Hall–Kier alpha value is -2.85. The first kappa shape index (κ1) is 16.6. The normalized spacial score (nSPS) is 11.0. The van der Waals surface area contributed by atoms with Gasteiger partial charge in [-0.3, -0.25) is 4.40 Å². The topological polar surface area (TPSA) is 39.4 Å². The number of benzene rings is 2. The number of halogens is 2. The first-order chi connectivity index (χ1) is 12.6. The summed E-state index contributed by atoms with van der Waals surface area (Å²) < 4.78 is 33.6. The highest BCUT2D eigenvalue weighted by Gasteiger charge is 2.08. The second-order valence-corrected chi connectivity index (χ2v) is 6.38. The lowest BCUT2D eigenvalue weighted by molar-refractivity contribution is 0.301. The largest absolute Gasteiger partial charge is 0.487 e. The van der Waals surface area contributed by atoms with E-state index in [0.717, 1.165) is 16.4 Å². The van der Waals surface area contributed by atoms with E-state index >= 15 is 0 Å². The van der Waals surface area contributed by atoms with Crippen LogP contribution in [-0.2, 0) is 6.61 Å². The molecule has 4 nitrogen and oxygen atoms in total. The Morgan fingerprint density at radius 1 is 1.00 bits per heavy atom. The Morgan fingerprint density at radius 2 is 1.77 bits per heavy atom. The molecule has 0 N–H and O–H groups in total. The predicted molar refractivity (Wildman–Crippen MR) is 98.5 cm³/mol. The van der Waals surface area contributed by atoms with Crippen molar-refractivity contribution >= 4 is 20.3 Å². The van der Waals surface area contributed by atoms with Crippen molar-refractivity contribution < 1.29 is 13.5 Å². The van der Waals surface area contributed by atoms with Gasteiger partial charge in [-0.15, -0.1) is 9.24 Å². The zero-order valence-electron chi connectivity index (χ0n) is 13.6. The van der Waals surface area contributed by atoms with Crippen LogP contribution in [0.15, 0.2) is 61.1 Å². The lowest BCUT2D eigenvalue weighted by Gasteiger charge is -2.05. The zero-order chi connectivity index (χ0) is 18.1. The fraction of sp³-hybridized carbons (Fsp3) is 0.0526. The van der Waals surface area contributed by atoms with E-state index in [-0.39, 0.29) is 18.2 Å². The van der Waals surface area contributed by atoms with Gasteiger partial charge in [0, 0.05) is 24.2 Å². The molecule has 1 unspecified atom stereocenters. The molecule has 0 aliphatic carbocycles. The third-order valence-corrected chi connectivity index (χ3v) is 4.36. The summed E-state index contributed by atoms with van der Waals surface area (Å²) in [5.41, 5.74) is 2.43. The predicted octanol–water partition coefficient (Wildman–Crippen LogP) is 3.75. The molecule has 0 spiro atoms. The average molecular weight is 369 g/mol. The number of hydrogen-bond acceptors (Lipinski definition) is 3. The summed E-state index contributed by atoms with van der Waals surface area (Å²) in [4.78, 5) is 8.76. The molecule has 0 fully saturated rings. The third-order valence-electron chi connectivity index (χ3n) is 3.88. The smallest absolute Gasteiger partial charge is 0.234 e. The SMILES string of the molecule is Fc1ccc(OCc2cn3cc(-c4ccc(F)cc4P)cnc3n2)cc1. The molecule has 4 aromatic rings. The molecule has 0 aliphatic heterocycles. The van der Waals surface area contributed by atoms with Crippen LogP contribution in [0.4, 0.5) is 8.78 Å². The first-order valence-electron chi connectivity index (χ1n) is 7.86. The average Bonchev–Trinajstić information content (AvgIpc) is 3.03. The number of aromatic nitrogens is 3. The molecule has 2 aromatic heterocycles. The zero-order valence-corrected chi connectivity index (χ0v) is 14.7. The Bertz CT molecular complexity index is 1080. The van der Waals surface area contributed by atoms with Crippen LogP contribution in [0.1, 0.15) is 5.69 Å². The summed E-state index contributed by atoms with van der Waals surface area (Å²) in [6.07, 6.45) is 5.41. The summed E-state index contributed by atoms with van der Waals surface area (Å²) in [5, 5.41) is 0.756. The second-order valence-electron chi connectivity index (χ2n) is 5.76. The number of fused-ring (bicyclic) bond motifs is 1. The molecule has 0 amide bonds. The number of ether oxygens (including phenoxy) is 1. The van der Waals surface area contributed by atoms with Gasteiger partial charge in [0.1, 0.15) is 24.0 Å². The minimum atomic E-state index is -0.309. The Kier molecular flexibility index (Phi) is 4.35. The van der Waals surface area contributed by atoms with E-state index in [0.29, 0.717) is 17.2 Å². The van der Waals surface area contributed by atoms with Gasteiger partial charge in [0.05, 0.1) is 5.69 Å². The minimum absolute atomic E-state index is 0.246. The highest BCUT2D eigenvalue weighted by atomic mass is 31.0. The van der Waals surface area contributed by atoms with Crippen LogP contribution in [0.3, 0.4) is 0 Å². The van der Waals surface area contributed by atoms with Crippen molar-refractivity contribution in [2.45, 2.75) is 6.61 Å². The van der Waals surface area contributed by atoms with Gasteiger partial charge >= 0.3 is 0 Å². The third kappa shape index (κ3) is 3.41. The molecule has 2 aromatic carbocycles. The first-order valence-corrected chi connectivity index (χ1v) is 8.43. The monoisotopic (exact) mass is 369 g/mol. The molecular formula is C19H14F2N3OP. The number of nitrogens with zero attached hydrogens (tertiary/aromatic N) is 3. The van der Waals surface area contributed by atoms with Crippen LogP contribution >= 0.6 is 9.24 Å². The maximum absolute atomic E-state index is 13.3. The van der Waals surface area contributed by atoms with Crippen molar-refractivity contribution in [3.05, 3.63) is 78.4 Å². The van der Waals surface area contributed by atoms with Gasteiger partial charge in [-0.05, 0) is 47.3 Å². The molecule has 0 radical (unpaired) electrons. The molecule has 26 heavy (non-hydrogen) atoms. The van der Waals surface area contributed by atoms with E-state index in [1.165, 1.54) is 24.3 Å². The number of imidazole rings is 1. The molecule has 130 valence electrons. The number of rotatable bonds is 4. The van der Waals surface area contributed by atoms with Crippen LogP contribution in [-0.4, -0.2) is 14.4 Å². The number of hydrogen-bond donors (Lipinski definition) is 0. The summed E-state index contributed by atoms with van der Waals surface area (Å²) in [5.74, 6) is 0.515. The van der Waals surface area contributed by atoms with Crippen molar-refractivity contribution in [2.75, 3.05) is 0 Å². The lowest BCUT2D eigenvalue weighted by Crippen LogP contribution is -1.99. The van der Waals surface area contributed by atoms with Crippen molar-refractivity contribution in [3.8, 4) is 16.9 Å². The minimum Gasteiger partial charge on any atom is -0.487 e. The molecule has 1 atom stereocenters. The van der Waals surface area contributed by atoms with Gasteiger partial charge in [0.2, 0.25) is 5.78 Å². The second kappa shape index (κ2) is 6.81. The van der Waals surface area contributed by atoms with Crippen LogP contribution < -0.4 is 10.0 Å². The molecule has 0 saturated heterocycles. The summed E-state index contributed by atoms with van der Waals surface area (Å²) in [6.45, 7) is 0.246. The fourth-order valence-electron chi connectivity index (χ4n) is 2.63. The molecule has 0 saturated carbocycles. The molecule has 2 heterocycles. The highest BCUT2D eigenvalue weighted by molar-refractivity contribution is 7.28. The molecule has 0 aliphatic rings. The Balaban J connectivity index is 1.58. The fourth-order valence-corrected chi connectivity index (χ4v) is 3.05. The van der Waals surface area contributed by atoms with Crippen molar-refractivity contribution in [1.82, 2.24) is 14.4 Å². The van der Waals surface area contributed by atoms with E-state index in [4.69, 9.17) is 4.74 Å².